The molecule has 4 rings (SSSR count). The maximum Gasteiger partial charge on any atom is 0.264 e. The van der Waals surface area contributed by atoms with Gasteiger partial charge in [0.1, 0.15) is 5.01 Å². The summed E-state index contributed by atoms with van der Waals surface area (Å²) in [7, 11) is -3.83. The van der Waals surface area contributed by atoms with Gasteiger partial charge in [-0.25, -0.2) is 23.7 Å². The van der Waals surface area contributed by atoms with Crippen LogP contribution in [0.4, 0.5) is 0 Å². The number of aryl methyl sites for hydroxylation is 2. The lowest BCUT2D eigenvalue weighted by molar-refractivity contribution is -0.201. The topological polar surface area (TPSA) is 117 Å². The number of pyridine rings is 1. The number of carbonyl (C=O) groups is 1. The third-order valence-corrected chi connectivity index (χ3v) is 9.38. The molecule has 9 nitrogen and oxygen atoms in total. The van der Waals surface area contributed by atoms with Gasteiger partial charge in [-0.3, -0.25) is 9.59 Å². The Hall–Kier alpha value is -2.60. The van der Waals surface area contributed by atoms with Gasteiger partial charge < -0.3 is 9.30 Å². The second-order valence-electron chi connectivity index (χ2n) is 8.99. The summed E-state index contributed by atoms with van der Waals surface area (Å²) in [6.07, 6.45) is 6.17. The summed E-state index contributed by atoms with van der Waals surface area (Å²) < 4.78 is 30.3. The number of nitrogens with zero attached hydrogens (tertiary/aromatic N) is 2. The molecule has 0 radical (unpaired) electrons. The second-order valence-corrected chi connectivity index (χ2v) is 12.7. The molecule has 3 aromatic rings. The standard InChI is InChI=1S/C24H29N3O6S2/c1-16-15-25-21(34-16)18-7-8-19-17(14-18)9-11-27(22(19)28)12-10-24(2,35(3,30)31)23(29)26-33-20-6-4-5-13-32-20/h7-9,11,14-15,20H,4-6,10,12-13H2,1-3H3,(H,26,29)/t20?,24-/m1/s1. The highest BCUT2D eigenvalue weighted by molar-refractivity contribution is 7.92. The minimum Gasteiger partial charge on any atom is -0.350 e. The summed E-state index contributed by atoms with van der Waals surface area (Å²) in [5, 5.41) is 2.15. The van der Waals surface area contributed by atoms with E-state index in [2.05, 4.69) is 10.5 Å². The summed E-state index contributed by atoms with van der Waals surface area (Å²) in [5.41, 5.74) is 2.94. The highest BCUT2D eigenvalue weighted by Crippen LogP contribution is 2.27. The summed E-state index contributed by atoms with van der Waals surface area (Å²) in [5.74, 6) is -0.786. The van der Waals surface area contributed by atoms with Gasteiger partial charge >= 0.3 is 0 Å². The highest BCUT2D eigenvalue weighted by atomic mass is 32.2. The quantitative estimate of drug-likeness (QED) is 0.454. The molecule has 35 heavy (non-hydrogen) atoms. The number of hydrogen-bond acceptors (Lipinski definition) is 8. The summed E-state index contributed by atoms with van der Waals surface area (Å²) in [4.78, 5) is 36.8. The molecule has 1 saturated heterocycles. The largest absolute Gasteiger partial charge is 0.350 e. The average molecular weight is 520 g/mol. The predicted octanol–water partition coefficient (Wildman–Crippen LogP) is 3.20. The van der Waals surface area contributed by atoms with Crippen LogP contribution in [0.2, 0.25) is 0 Å². The molecule has 11 heteroatoms. The van der Waals surface area contributed by atoms with Crippen molar-refractivity contribution >= 4 is 37.9 Å². The van der Waals surface area contributed by atoms with E-state index in [9.17, 15) is 18.0 Å². The first-order chi connectivity index (χ1) is 16.6. The molecule has 2 atom stereocenters. The fourth-order valence-corrected chi connectivity index (χ4v) is 5.52. The first kappa shape index (κ1) is 25.5. The number of nitrogens with one attached hydrogen (secondary N) is 1. The zero-order valence-corrected chi connectivity index (χ0v) is 21.6. The Labute approximate surface area is 208 Å². The maximum absolute atomic E-state index is 13.1. The molecule has 0 bridgehead atoms. The van der Waals surface area contributed by atoms with Gasteiger partial charge in [-0.05, 0) is 56.7 Å². The Bertz CT molecular complexity index is 1390. The van der Waals surface area contributed by atoms with E-state index >= 15 is 0 Å². The third kappa shape index (κ3) is 5.48. The molecule has 188 valence electrons. The molecule has 1 aliphatic heterocycles. The predicted molar refractivity (Wildman–Crippen MR) is 135 cm³/mol. The molecule has 2 aromatic heterocycles. The van der Waals surface area contributed by atoms with Gasteiger partial charge in [0.2, 0.25) is 0 Å². The van der Waals surface area contributed by atoms with Crippen LogP contribution in [0, 0.1) is 6.92 Å². The lowest BCUT2D eigenvalue weighted by Crippen LogP contribution is -2.51. The van der Waals surface area contributed by atoms with Gasteiger partial charge in [0.25, 0.3) is 11.5 Å². The lowest BCUT2D eigenvalue weighted by Gasteiger charge is -2.28. The molecule has 0 aliphatic carbocycles. The fraction of sp³-hybridized carbons (Fsp3) is 0.458. The lowest BCUT2D eigenvalue weighted by atomic mass is 10.1. The Kier molecular flexibility index (Phi) is 7.41. The van der Waals surface area contributed by atoms with E-state index in [-0.39, 0.29) is 18.5 Å². The zero-order chi connectivity index (χ0) is 25.2. The second kappa shape index (κ2) is 10.2. The van der Waals surface area contributed by atoms with Crippen LogP contribution in [0.1, 0.15) is 37.5 Å². The van der Waals surface area contributed by atoms with Crippen LogP contribution in [0.5, 0.6) is 0 Å². The molecule has 1 fully saturated rings. The van der Waals surface area contributed by atoms with Crippen molar-refractivity contribution in [2.24, 2.45) is 0 Å². The van der Waals surface area contributed by atoms with Crippen molar-refractivity contribution in [3.05, 3.63) is 51.9 Å². The number of aromatic nitrogens is 2. The van der Waals surface area contributed by atoms with Gasteiger partial charge in [0.15, 0.2) is 20.9 Å². The van der Waals surface area contributed by atoms with E-state index in [0.717, 1.165) is 39.9 Å². The monoisotopic (exact) mass is 519 g/mol. The summed E-state index contributed by atoms with van der Waals surface area (Å²) >= 11 is 1.58. The number of hydroxylamine groups is 1. The summed E-state index contributed by atoms with van der Waals surface area (Å²) in [6, 6.07) is 7.33. The third-order valence-electron chi connectivity index (χ3n) is 6.39. The molecule has 1 amide bonds. The number of ether oxygens (including phenoxy) is 1. The Morgan fingerprint density at radius 3 is 2.80 bits per heavy atom. The number of benzene rings is 1. The van der Waals surface area contributed by atoms with Gasteiger partial charge in [0.05, 0.1) is 0 Å². The minimum atomic E-state index is -3.83. The van der Waals surface area contributed by atoms with Crippen LogP contribution in [-0.4, -0.2) is 47.8 Å². The van der Waals surface area contributed by atoms with Crippen LogP contribution in [0.3, 0.4) is 0 Å². The first-order valence-corrected chi connectivity index (χ1v) is 14.1. The van der Waals surface area contributed by atoms with Gasteiger partial charge in [-0.2, -0.15) is 0 Å². The smallest absolute Gasteiger partial charge is 0.264 e. The molecule has 1 aromatic carbocycles. The van der Waals surface area contributed by atoms with Crippen molar-refractivity contribution in [2.75, 3.05) is 12.9 Å². The molecule has 1 aliphatic rings. The number of carbonyl (C=O) groups excluding carboxylic acids is 1. The van der Waals surface area contributed by atoms with Crippen LogP contribution >= 0.6 is 11.3 Å². The Morgan fingerprint density at radius 1 is 1.34 bits per heavy atom. The van der Waals surface area contributed by atoms with Crippen molar-refractivity contribution < 1.29 is 22.8 Å². The molecule has 1 unspecified atom stereocenters. The highest BCUT2D eigenvalue weighted by Gasteiger charge is 2.44. The van der Waals surface area contributed by atoms with Crippen molar-refractivity contribution in [3.63, 3.8) is 0 Å². The molecular formula is C24H29N3O6S2. The fourth-order valence-electron chi connectivity index (χ4n) is 3.92. The van der Waals surface area contributed by atoms with Crippen LogP contribution in [0.25, 0.3) is 21.3 Å². The molecule has 0 spiro atoms. The Balaban J connectivity index is 1.52. The Morgan fingerprint density at radius 2 is 2.14 bits per heavy atom. The zero-order valence-electron chi connectivity index (χ0n) is 19.9. The van der Waals surface area contributed by atoms with Crippen molar-refractivity contribution in [2.45, 2.75) is 57.1 Å². The van der Waals surface area contributed by atoms with E-state index in [1.165, 1.54) is 11.5 Å². The normalized spacial score (nSPS) is 18.3. The number of thiazole rings is 1. The van der Waals surface area contributed by atoms with Crippen LogP contribution < -0.4 is 11.0 Å². The van der Waals surface area contributed by atoms with E-state index in [4.69, 9.17) is 9.57 Å². The van der Waals surface area contributed by atoms with E-state index in [1.807, 2.05) is 31.3 Å². The van der Waals surface area contributed by atoms with Crippen molar-refractivity contribution in [1.29, 1.82) is 0 Å². The molecule has 1 N–H and O–H groups in total. The van der Waals surface area contributed by atoms with Crippen molar-refractivity contribution in [3.8, 4) is 10.6 Å². The number of amides is 1. The SMILES string of the molecule is Cc1cnc(-c2ccc3c(=O)n(CC[C@](C)(C(=O)NOC4CCCCO4)S(C)(=O)=O)ccc3c2)s1. The number of hydrogen-bond donors (Lipinski definition) is 1. The van der Waals surface area contributed by atoms with Gasteiger partial charge in [-0.1, -0.05) is 6.07 Å². The number of sulfone groups is 1. The van der Waals surface area contributed by atoms with Gasteiger partial charge in [0, 0.05) is 54.0 Å². The molecular weight excluding hydrogens is 490 g/mol. The van der Waals surface area contributed by atoms with Crippen LogP contribution in [0.15, 0.2) is 41.5 Å². The number of rotatable bonds is 8. The van der Waals surface area contributed by atoms with Gasteiger partial charge in [-0.15, -0.1) is 11.3 Å². The van der Waals surface area contributed by atoms with Crippen LogP contribution in [-0.2, 0) is 30.8 Å². The van der Waals surface area contributed by atoms with E-state index in [1.54, 1.807) is 23.6 Å². The van der Waals surface area contributed by atoms with E-state index in [0.29, 0.717) is 18.4 Å². The first-order valence-electron chi connectivity index (χ1n) is 11.4. The minimum absolute atomic E-state index is 0.0408. The van der Waals surface area contributed by atoms with E-state index < -0.39 is 26.8 Å². The summed E-state index contributed by atoms with van der Waals surface area (Å²) in [6.45, 7) is 3.90. The number of fused-ring (bicyclic) bond motifs is 1. The average Bonchev–Trinajstić information content (AvgIpc) is 3.28. The molecule has 0 saturated carbocycles. The van der Waals surface area contributed by atoms with Crippen molar-refractivity contribution in [1.82, 2.24) is 15.0 Å². The molecule has 3 heterocycles. The maximum atomic E-state index is 13.1.